The fourth-order valence-corrected chi connectivity index (χ4v) is 6.40. The van der Waals surface area contributed by atoms with Crippen molar-refractivity contribution < 1.29 is 14.4 Å². The minimum absolute atomic E-state index is 0.0550. The Morgan fingerprint density at radius 2 is 1.76 bits per heavy atom. The van der Waals surface area contributed by atoms with Gasteiger partial charge < -0.3 is 9.84 Å². The zero-order valence-electron chi connectivity index (χ0n) is 26.2. The van der Waals surface area contributed by atoms with Crippen LogP contribution in [-0.2, 0) is 17.6 Å². The van der Waals surface area contributed by atoms with Gasteiger partial charge in [-0.3, -0.25) is 18.9 Å². The van der Waals surface area contributed by atoms with Gasteiger partial charge in [-0.25, -0.2) is 9.31 Å². The quantitative estimate of drug-likeness (QED) is 0.196. The summed E-state index contributed by atoms with van der Waals surface area (Å²) >= 11 is 0. The van der Waals surface area contributed by atoms with E-state index >= 15 is 0 Å². The minimum atomic E-state index is -0.861. The zero-order chi connectivity index (χ0) is 31.6. The summed E-state index contributed by atoms with van der Waals surface area (Å²) in [5.74, 6) is -0.216. The summed E-state index contributed by atoms with van der Waals surface area (Å²) in [7, 11) is 0. The second-order valence-corrected chi connectivity index (χ2v) is 12.7. The summed E-state index contributed by atoms with van der Waals surface area (Å²) in [5.41, 5.74) is 5.48. The number of nitrogens with zero attached hydrogens (tertiary/aromatic N) is 4. The summed E-state index contributed by atoms with van der Waals surface area (Å²) in [6, 6.07) is 17.9. The fraction of sp³-hybridized carbons (Fsp3) is 0.429. The van der Waals surface area contributed by atoms with E-state index in [1.54, 1.807) is 20.0 Å². The molecule has 3 aromatic heterocycles. The monoisotopic (exact) mass is 611 g/mol. The number of aliphatic hydroxyl groups is 1. The van der Waals surface area contributed by atoms with Gasteiger partial charge in [-0.2, -0.15) is 5.10 Å². The van der Waals surface area contributed by atoms with E-state index in [0.29, 0.717) is 18.9 Å². The van der Waals surface area contributed by atoms with Crippen molar-refractivity contribution in [1.29, 1.82) is 0 Å². The van der Waals surface area contributed by atoms with Gasteiger partial charge in [-0.15, -0.1) is 0 Å². The molecule has 0 unspecified atom stereocenters. The predicted molar refractivity (Wildman–Crippen MR) is 172 cm³/mol. The van der Waals surface area contributed by atoms with Crippen molar-refractivity contribution in [3.63, 3.8) is 0 Å². The fourth-order valence-electron chi connectivity index (χ4n) is 6.40. The largest absolute Gasteiger partial charge is 0.439 e. The van der Waals surface area contributed by atoms with E-state index in [9.17, 15) is 14.7 Å². The number of aryl methyl sites for hydroxylation is 1. The van der Waals surface area contributed by atoms with Crippen molar-refractivity contribution in [3.05, 3.63) is 98.5 Å². The van der Waals surface area contributed by atoms with E-state index in [1.807, 2.05) is 51.5 Å². The molecule has 6 rings (SSSR count). The van der Waals surface area contributed by atoms with E-state index in [0.717, 1.165) is 84.1 Å². The van der Waals surface area contributed by atoms with Crippen LogP contribution in [-0.4, -0.2) is 47.7 Å². The van der Waals surface area contributed by atoms with Crippen LogP contribution in [0.25, 0.3) is 28.2 Å². The van der Waals surface area contributed by atoms with Crippen molar-refractivity contribution >= 4 is 5.65 Å². The number of aromatic nitrogens is 5. The molecule has 0 saturated heterocycles. The highest BCUT2D eigenvalue weighted by Gasteiger charge is 2.28. The van der Waals surface area contributed by atoms with Crippen molar-refractivity contribution in [1.82, 2.24) is 24.3 Å². The molecule has 5 aromatic rings. The molecule has 1 fully saturated rings. The Morgan fingerprint density at radius 1 is 1.02 bits per heavy atom. The first-order chi connectivity index (χ1) is 21.7. The number of aromatic amines is 1. The lowest BCUT2D eigenvalue weighted by molar-refractivity contribution is -0.0654. The lowest BCUT2D eigenvalue weighted by atomic mass is 9.92. The van der Waals surface area contributed by atoms with Crippen LogP contribution in [0.3, 0.4) is 0 Å². The highest BCUT2D eigenvalue weighted by atomic mass is 16.5. The smallest absolute Gasteiger partial charge is 0.388 e. The normalized spacial score (nSPS) is 17.2. The maximum Gasteiger partial charge on any atom is 0.439 e. The Balaban J connectivity index is 1.31. The highest BCUT2D eigenvalue weighted by Crippen LogP contribution is 2.33. The molecule has 0 aliphatic heterocycles. The molecule has 2 aromatic carbocycles. The molecule has 1 saturated carbocycles. The molecule has 0 amide bonds. The number of fused-ring (bicyclic) bond motifs is 1. The first-order valence-corrected chi connectivity index (χ1v) is 15.9. The molecule has 45 heavy (non-hydrogen) atoms. The molecule has 1 aliphatic rings. The van der Waals surface area contributed by atoms with Crippen LogP contribution in [0.1, 0.15) is 82.2 Å². The number of rotatable bonds is 11. The van der Waals surface area contributed by atoms with Crippen LogP contribution < -0.4 is 11.3 Å². The summed E-state index contributed by atoms with van der Waals surface area (Å²) < 4.78 is 14.7. The number of ether oxygens (including phenoxy) is 1. The van der Waals surface area contributed by atoms with Crippen LogP contribution in [0.2, 0.25) is 0 Å². The van der Waals surface area contributed by atoms with Crippen molar-refractivity contribution in [2.45, 2.75) is 89.9 Å². The van der Waals surface area contributed by atoms with Gasteiger partial charge in [0.1, 0.15) is 5.65 Å². The lowest BCUT2D eigenvalue weighted by Gasteiger charge is -2.32. The van der Waals surface area contributed by atoms with E-state index < -0.39 is 11.4 Å². The molecule has 0 bridgehead atoms. The Bertz CT molecular complexity index is 1870. The number of hydrogen-bond acceptors (Lipinski definition) is 7. The Hall–Kier alpha value is -4.28. The van der Waals surface area contributed by atoms with Gasteiger partial charge in [0.15, 0.2) is 5.82 Å². The lowest BCUT2D eigenvalue weighted by Crippen LogP contribution is -2.36. The first-order valence-electron chi connectivity index (χ1n) is 15.9. The van der Waals surface area contributed by atoms with Crippen molar-refractivity contribution in [3.8, 4) is 22.5 Å². The number of unbranched alkanes of at least 4 members (excludes halogenated alkanes) is 1. The van der Waals surface area contributed by atoms with E-state index in [-0.39, 0.29) is 17.7 Å². The average molecular weight is 612 g/mol. The summed E-state index contributed by atoms with van der Waals surface area (Å²) in [5, 5.41) is 18.7. The number of H-pyrrole nitrogens is 1. The Labute approximate surface area is 261 Å². The average Bonchev–Trinajstić information content (AvgIpc) is 3.70. The summed E-state index contributed by atoms with van der Waals surface area (Å²) in [4.78, 5) is 28.6. The molecule has 2 N–H and O–H groups in total. The second kappa shape index (κ2) is 13.0. The second-order valence-electron chi connectivity index (χ2n) is 12.7. The maximum atomic E-state index is 14.4. The molecule has 3 heterocycles. The minimum Gasteiger partial charge on any atom is -0.388 e. The SMILES string of the molecule is CCCCc1c(Cc2ccc(-c3ccccc3-c3noc(=O)[nH]3)cc2)c(=O)n(C2CCC(OCC(C)(C)O)CC2)c2ccnn12. The molecule has 0 radical (unpaired) electrons. The summed E-state index contributed by atoms with van der Waals surface area (Å²) in [6.45, 7) is 5.97. The van der Waals surface area contributed by atoms with Crippen LogP contribution in [0.5, 0.6) is 0 Å². The standard InChI is InChI=1S/C35H41N5O5/c1-4-5-10-30-29(21-23-11-13-24(14-12-23)27-8-6-7-9-28(27)32-37-34(42)45-38-32)33(41)39(31-19-20-36-40(30)31)25-15-17-26(18-16-25)44-22-35(2,3)43/h6-9,11-14,19-20,25-26,43H,4-5,10,15-18,21-22H2,1-3H3,(H,37,38,42). The number of hydrogen-bond donors (Lipinski definition) is 2. The Morgan fingerprint density at radius 3 is 2.42 bits per heavy atom. The van der Waals surface area contributed by atoms with Crippen molar-refractivity contribution in [2.24, 2.45) is 0 Å². The van der Waals surface area contributed by atoms with Crippen LogP contribution in [0, 0.1) is 0 Å². The molecule has 236 valence electrons. The van der Waals surface area contributed by atoms with E-state index in [2.05, 4.69) is 29.2 Å². The third-order valence-corrected chi connectivity index (χ3v) is 8.67. The first kappa shape index (κ1) is 30.7. The highest BCUT2D eigenvalue weighted by molar-refractivity contribution is 5.80. The third kappa shape index (κ3) is 6.72. The summed E-state index contributed by atoms with van der Waals surface area (Å²) in [6.07, 6.45) is 8.47. The van der Waals surface area contributed by atoms with Gasteiger partial charge in [0, 0.05) is 29.7 Å². The predicted octanol–water partition coefficient (Wildman–Crippen LogP) is 5.71. The Kier molecular flexibility index (Phi) is 8.87. The topological polar surface area (TPSA) is 128 Å². The number of nitrogens with one attached hydrogen (secondary N) is 1. The van der Waals surface area contributed by atoms with Crippen LogP contribution >= 0.6 is 0 Å². The molecule has 0 atom stereocenters. The van der Waals surface area contributed by atoms with Gasteiger partial charge in [-0.05, 0) is 69.1 Å². The van der Waals surface area contributed by atoms with Gasteiger partial charge in [0.25, 0.3) is 5.56 Å². The third-order valence-electron chi connectivity index (χ3n) is 8.67. The van der Waals surface area contributed by atoms with Gasteiger partial charge in [-0.1, -0.05) is 67.0 Å². The van der Waals surface area contributed by atoms with Crippen molar-refractivity contribution in [2.75, 3.05) is 6.61 Å². The maximum absolute atomic E-state index is 14.4. The van der Waals surface area contributed by atoms with Gasteiger partial charge >= 0.3 is 5.76 Å². The molecular weight excluding hydrogens is 570 g/mol. The van der Waals surface area contributed by atoms with Crippen LogP contribution in [0.4, 0.5) is 0 Å². The molecule has 1 aliphatic carbocycles. The molecule has 0 spiro atoms. The molecule has 10 heteroatoms. The van der Waals surface area contributed by atoms with Gasteiger partial charge in [0.2, 0.25) is 0 Å². The molecular formula is C35H41N5O5. The van der Waals surface area contributed by atoms with Gasteiger partial charge in [0.05, 0.1) is 30.2 Å². The molecule has 10 nitrogen and oxygen atoms in total. The number of benzene rings is 2. The zero-order valence-corrected chi connectivity index (χ0v) is 26.2. The van der Waals surface area contributed by atoms with E-state index in [1.165, 1.54) is 0 Å². The van der Waals surface area contributed by atoms with Crippen LogP contribution in [0.15, 0.2) is 74.9 Å². The van der Waals surface area contributed by atoms with E-state index in [4.69, 9.17) is 14.4 Å².